The Morgan fingerprint density at radius 1 is 1.21 bits per heavy atom. The number of thiazole rings is 1. The number of nitrogens with zero attached hydrogens (tertiary/aromatic N) is 1. The van der Waals surface area contributed by atoms with Gasteiger partial charge < -0.3 is 19.2 Å². The zero-order chi connectivity index (χ0) is 21.5. The largest absolute Gasteiger partial charge is 0.444 e. The van der Waals surface area contributed by atoms with E-state index in [-0.39, 0.29) is 6.61 Å². The Bertz CT molecular complexity index is 742. The molecule has 0 radical (unpaired) electrons. The predicted octanol–water partition coefficient (Wildman–Crippen LogP) is 5.15. The number of ether oxygens (including phenoxy) is 2. The second-order valence-corrected chi connectivity index (χ2v) is 14.2. The van der Waals surface area contributed by atoms with Crippen molar-refractivity contribution in [2.24, 2.45) is 0 Å². The molecule has 0 spiro atoms. The molecule has 2 atom stereocenters. The minimum Gasteiger partial charge on any atom is -0.444 e. The maximum absolute atomic E-state index is 12.5. The Balaban J connectivity index is 2.16. The molecule has 1 heterocycles. The minimum absolute atomic E-state index is 0.281. The van der Waals surface area contributed by atoms with Gasteiger partial charge in [0.25, 0.3) is 0 Å². The van der Waals surface area contributed by atoms with E-state index < -0.39 is 32.2 Å². The van der Waals surface area contributed by atoms with Crippen LogP contribution in [0, 0.1) is 0 Å². The average molecular weight is 437 g/mol. The molecule has 0 bridgehead atoms. The summed E-state index contributed by atoms with van der Waals surface area (Å²) < 4.78 is 17.8. The quantitative estimate of drug-likeness (QED) is 0.551. The third-order valence-corrected chi connectivity index (χ3v) is 5.45. The monoisotopic (exact) mass is 436 g/mol. The highest BCUT2D eigenvalue weighted by atomic mass is 32.1. The number of amides is 1. The number of rotatable bonds is 9. The lowest BCUT2D eigenvalue weighted by molar-refractivity contribution is 0.0231. The molecule has 0 aliphatic carbocycles. The molecule has 8 heteroatoms. The van der Waals surface area contributed by atoms with Crippen molar-refractivity contribution in [1.82, 2.24) is 10.3 Å². The van der Waals surface area contributed by atoms with Gasteiger partial charge in [-0.25, -0.2) is 9.78 Å². The zero-order valence-corrected chi connectivity index (χ0v) is 19.9. The predicted molar refractivity (Wildman–Crippen MR) is 119 cm³/mol. The summed E-state index contributed by atoms with van der Waals surface area (Å²) in [5.74, 6) is 0. The van der Waals surface area contributed by atoms with E-state index in [1.165, 1.54) is 11.3 Å². The number of carbonyl (C=O) groups excluding carboxylic acids is 1. The van der Waals surface area contributed by atoms with Gasteiger partial charge in [0.15, 0.2) is 8.32 Å². The molecule has 1 amide bonds. The fourth-order valence-electron chi connectivity index (χ4n) is 2.60. The molecule has 0 unspecified atom stereocenters. The topological polar surface area (TPSA) is 69.7 Å². The van der Waals surface area contributed by atoms with Gasteiger partial charge in [-0.2, -0.15) is 0 Å². The summed E-state index contributed by atoms with van der Waals surface area (Å²) in [5, 5.41) is 5.67. The van der Waals surface area contributed by atoms with Crippen LogP contribution in [0.1, 0.15) is 37.4 Å². The number of alkyl carbamates (subject to hydrolysis) is 1. The molecule has 6 nitrogen and oxygen atoms in total. The highest BCUT2D eigenvalue weighted by Crippen LogP contribution is 2.28. The summed E-state index contributed by atoms with van der Waals surface area (Å²) in [4.78, 5) is 16.9. The zero-order valence-electron chi connectivity index (χ0n) is 18.1. The van der Waals surface area contributed by atoms with Crippen LogP contribution in [0.25, 0.3) is 0 Å². The van der Waals surface area contributed by atoms with E-state index in [0.717, 1.165) is 10.6 Å². The molecule has 29 heavy (non-hydrogen) atoms. The molecule has 0 fully saturated rings. The lowest BCUT2D eigenvalue weighted by atomic mass is 10.1. The van der Waals surface area contributed by atoms with Crippen LogP contribution in [0.4, 0.5) is 4.79 Å². The van der Waals surface area contributed by atoms with Gasteiger partial charge in [0.05, 0.1) is 19.3 Å². The fourth-order valence-corrected chi connectivity index (χ4v) is 4.45. The molecule has 0 saturated heterocycles. The van der Waals surface area contributed by atoms with Crippen LogP contribution in [0.3, 0.4) is 0 Å². The first kappa shape index (κ1) is 23.5. The van der Waals surface area contributed by atoms with Crippen LogP contribution in [0.15, 0.2) is 41.9 Å². The Labute approximate surface area is 178 Å². The highest BCUT2D eigenvalue weighted by Gasteiger charge is 2.33. The van der Waals surface area contributed by atoms with Gasteiger partial charge in [-0.15, -0.1) is 11.3 Å². The first-order valence-corrected chi connectivity index (χ1v) is 14.0. The van der Waals surface area contributed by atoms with Crippen molar-refractivity contribution in [2.75, 3.05) is 6.61 Å². The summed E-state index contributed by atoms with van der Waals surface area (Å²) in [6.45, 7) is 12.6. The Hall–Kier alpha value is -1.74. The number of carbonyl (C=O) groups is 1. The fraction of sp³-hybridized carbons (Fsp3) is 0.524. The Kier molecular flexibility index (Phi) is 8.39. The third kappa shape index (κ3) is 9.08. The van der Waals surface area contributed by atoms with Crippen molar-refractivity contribution in [3.05, 3.63) is 52.5 Å². The smallest absolute Gasteiger partial charge is 0.408 e. The highest BCUT2D eigenvalue weighted by molar-refractivity contribution is 7.09. The second kappa shape index (κ2) is 10.3. The SMILES string of the molecule is CC(C)(C)OC(=O)N[C@@H](COCc1ccccc1)[C@@H](O[Si](C)(C)C)c1nccs1. The summed E-state index contributed by atoms with van der Waals surface area (Å²) in [6, 6.07) is 9.51. The van der Waals surface area contributed by atoms with Gasteiger partial charge in [-0.3, -0.25) is 0 Å². The van der Waals surface area contributed by atoms with Crippen LogP contribution in [-0.4, -0.2) is 37.6 Å². The second-order valence-electron chi connectivity index (χ2n) is 8.77. The van der Waals surface area contributed by atoms with E-state index in [2.05, 4.69) is 29.9 Å². The number of aromatic nitrogens is 1. The summed E-state index contributed by atoms with van der Waals surface area (Å²) in [5.41, 5.74) is 0.482. The van der Waals surface area contributed by atoms with Crippen LogP contribution >= 0.6 is 11.3 Å². The number of benzene rings is 1. The maximum Gasteiger partial charge on any atom is 0.408 e. The third-order valence-electron chi connectivity index (χ3n) is 3.65. The Morgan fingerprint density at radius 3 is 2.45 bits per heavy atom. The molecule has 160 valence electrons. The molecule has 0 aliphatic heterocycles. The molecular formula is C21H32N2O4SSi. The molecule has 2 rings (SSSR count). The maximum atomic E-state index is 12.5. The minimum atomic E-state index is -1.92. The van der Waals surface area contributed by atoms with E-state index in [1.807, 2.05) is 56.5 Å². The van der Waals surface area contributed by atoms with E-state index in [9.17, 15) is 4.79 Å². The average Bonchev–Trinajstić information content (AvgIpc) is 3.12. The van der Waals surface area contributed by atoms with Crippen LogP contribution in [-0.2, 0) is 20.5 Å². The Morgan fingerprint density at radius 2 is 1.90 bits per heavy atom. The molecular weight excluding hydrogens is 404 g/mol. The molecule has 0 saturated carbocycles. The van der Waals surface area contributed by atoms with E-state index >= 15 is 0 Å². The van der Waals surface area contributed by atoms with Crippen molar-refractivity contribution >= 4 is 25.7 Å². The van der Waals surface area contributed by atoms with Crippen LogP contribution in [0.2, 0.25) is 19.6 Å². The van der Waals surface area contributed by atoms with E-state index in [0.29, 0.717) is 6.61 Å². The van der Waals surface area contributed by atoms with Crippen molar-refractivity contribution in [3.8, 4) is 0 Å². The van der Waals surface area contributed by atoms with Gasteiger partial charge in [0.2, 0.25) is 0 Å². The van der Waals surface area contributed by atoms with Crippen molar-refractivity contribution < 1.29 is 18.7 Å². The van der Waals surface area contributed by atoms with Gasteiger partial charge in [0, 0.05) is 11.6 Å². The summed E-state index contributed by atoms with van der Waals surface area (Å²) in [6.07, 6.45) is 0.854. The first-order chi connectivity index (χ1) is 13.5. The molecule has 1 N–H and O–H groups in total. The van der Waals surface area contributed by atoms with Crippen molar-refractivity contribution in [1.29, 1.82) is 0 Å². The number of nitrogens with one attached hydrogen (secondary N) is 1. The molecule has 1 aromatic carbocycles. The molecule has 2 aromatic rings. The first-order valence-electron chi connectivity index (χ1n) is 9.72. The molecule has 1 aromatic heterocycles. The summed E-state index contributed by atoms with van der Waals surface area (Å²) in [7, 11) is -1.92. The molecule has 0 aliphatic rings. The van der Waals surface area contributed by atoms with Crippen LogP contribution in [0.5, 0.6) is 0 Å². The number of hydrogen-bond acceptors (Lipinski definition) is 6. The van der Waals surface area contributed by atoms with E-state index in [4.69, 9.17) is 13.9 Å². The summed E-state index contributed by atoms with van der Waals surface area (Å²) >= 11 is 1.51. The van der Waals surface area contributed by atoms with Gasteiger partial charge in [0.1, 0.15) is 16.7 Å². The van der Waals surface area contributed by atoms with Crippen molar-refractivity contribution in [3.63, 3.8) is 0 Å². The van der Waals surface area contributed by atoms with E-state index in [1.54, 1.807) is 6.20 Å². The number of hydrogen-bond donors (Lipinski definition) is 1. The van der Waals surface area contributed by atoms with Crippen LogP contribution < -0.4 is 5.32 Å². The van der Waals surface area contributed by atoms with Gasteiger partial charge in [-0.1, -0.05) is 30.3 Å². The normalized spacial score (nSPS) is 14.3. The lowest BCUT2D eigenvalue weighted by Gasteiger charge is -2.32. The standard InChI is InChI=1S/C21H32N2O4SSi/c1-21(2,3)26-20(24)23-17(15-25-14-16-10-8-7-9-11-16)18(27-29(4,5)6)19-22-12-13-28-19/h7-13,17-18H,14-15H2,1-6H3,(H,23,24)/t17-,18+/m0/s1. The van der Waals surface area contributed by atoms with Gasteiger partial charge in [-0.05, 0) is 46.0 Å². The van der Waals surface area contributed by atoms with Crippen molar-refractivity contribution in [2.45, 2.75) is 64.8 Å². The lowest BCUT2D eigenvalue weighted by Crippen LogP contribution is -2.47. The van der Waals surface area contributed by atoms with Gasteiger partial charge >= 0.3 is 6.09 Å².